The smallest absolute Gasteiger partial charge is 0.255 e. The van der Waals surface area contributed by atoms with E-state index in [0.29, 0.717) is 22.6 Å². The fourth-order valence-electron chi connectivity index (χ4n) is 3.12. The molecule has 3 aromatic carbocycles. The van der Waals surface area contributed by atoms with Gasteiger partial charge in [-0.15, -0.1) is 0 Å². The molecular weight excluding hydrogens is 354 g/mol. The van der Waals surface area contributed by atoms with E-state index in [0.717, 1.165) is 11.3 Å². The zero-order chi connectivity index (χ0) is 19.5. The Morgan fingerprint density at radius 2 is 1.75 bits per heavy atom. The minimum Gasteiger partial charge on any atom is -0.497 e. The van der Waals surface area contributed by atoms with Crippen LogP contribution in [0.4, 0.5) is 11.4 Å². The minimum absolute atomic E-state index is 0.132. The summed E-state index contributed by atoms with van der Waals surface area (Å²) in [7, 11) is 1.58. The Morgan fingerprint density at radius 3 is 2.54 bits per heavy atom. The molecule has 0 aliphatic carbocycles. The fourth-order valence-corrected chi connectivity index (χ4v) is 3.12. The third-order valence-corrected chi connectivity index (χ3v) is 4.58. The fraction of sp³-hybridized carbons (Fsp3) is 0.0909. The van der Waals surface area contributed by atoms with Crippen LogP contribution in [-0.2, 0) is 0 Å². The Morgan fingerprint density at radius 1 is 0.964 bits per heavy atom. The van der Waals surface area contributed by atoms with Gasteiger partial charge in [-0.25, -0.2) is 0 Å². The second kappa shape index (κ2) is 7.44. The van der Waals surface area contributed by atoms with Gasteiger partial charge in [-0.2, -0.15) is 0 Å². The third kappa shape index (κ3) is 3.53. The summed E-state index contributed by atoms with van der Waals surface area (Å²) in [5, 5.41) is 9.13. The summed E-state index contributed by atoms with van der Waals surface area (Å²) < 4.78 is 5.11. The molecule has 140 valence electrons. The lowest BCUT2D eigenvalue weighted by Crippen LogP contribution is -2.38. The average molecular weight is 373 g/mol. The van der Waals surface area contributed by atoms with Crippen molar-refractivity contribution in [2.75, 3.05) is 17.7 Å². The summed E-state index contributed by atoms with van der Waals surface area (Å²) in [6.07, 6.45) is -0.375. The number of carbonyl (C=O) groups is 2. The van der Waals surface area contributed by atoms with Crippen molar-refractivity contribution in [3.63, 3.8) is 0 Å². The van der Waals surface area contributed by atoms with Gasteiger partial charge in [0.15, 0.2) is 0 Å². The van der Waals surface area contributed by atoms with E-state index in [-0.39, 0.29) is 18.0 Å². The summed E-state index contributed by atoms with van der Waals surface area (Å²) in [4.78, 5) is 24.8. The Balaban J connectivity index is 1.52. The van der Waals surface area contributed by atoms with Crippen molar-refractivity contribution in [2.24, 2.45) is 0 Å². The lowest BCUT2D eigenvalue weighted by Gasteiger charge is -2.28. The molecule has 4 rings (SSSR count). The van der Waals surface area contributed by atoms with Crippen LogP contribution in [0.3, 0.4) is 0 Å². The van der Waals surface area contributed by atoms with Gasteiger partial charge in [-0.1, -0.05) is 24.3 Å². The van der Waals surface area contributed by atoms with Crippen LogP contribution in [0.2, 0.25) is 0 Å². The predicted molar refractivity (Wildman–Crippen MR) is 108 cm³/mol. The van der Waals surface area contributed by atoms with E-state index < -0.39 is 0 Å². The van der Waals surface area contributed by atoms with Crippen LogP contribution in [0.1, 0.15) is 32.4 Å². The first-order valence-corrected chi connectivity index (χ1v) is 8.86. The molecule has 0 bridgehead atoms. The summed E-state index contributed by atoms with van der Waals surface area (Å²) in [5.74, 6) is 0.343. The maximum atomic E-state index is 12.5. The second-order valence-electron chi connectivity index (χ2n) is 6.40. The van der Waals surface area contributed by atoms with E-state index in [2.05, 4.69) is 16.0 Å². The van der Waals surface area contributed by atoms with Crippen molar-refractivity contribution in [3.05, 3.63) is 89.5 Å². The zero-order valence-electron chi connectivity index (χ0n) is 15.2. The maximum Gasteiger partial charge on any atom is 0.255 e. The molecule has 1 heterocycles. The minimum atomic E-state index is -0.375. The number of nitrogens with one attached hydrogen (secondary N) is 3. The molecule has 0 saturated heterocycles. The van der Waals surface area contributed by atoms with E-state index in [1.165, 1.54) is 0 Å². The molecule has 0 radical (unpaired) electrons. The van der Waals surface area contributed by atoms with Crippen LogP contribution in [0.5, 0.6) is 5.75 Å². The molecule has 0 spiro atoms. The summed E-state index contributed by atoms with van der Waals surface area (Å²) in [6.45, 7) is 0. The summed E-state index contributed by atoms with van der Waals surface area (Å²) in [6, 6.07) is 21.6. The predicted octanol–water partition coefficient (Wildman–Crippen LogP) is 3.80. The number of ether oxygens (including phenoxy) is 1. The number of anilines is 2. The highest BCUT2D eigenvalue weighted by atomic mass is 16.5. The number of methoxy groups -OCH3 is 1. The molecule has 0 saturated carbocycles. The molecule has 3 aromatic rings. The normalized spacial score (nSPS) is 15.0. The SMILES string of the molecule is COc1ccc(C(=O)Nc2cccc(C3NC(=O)c4ccccc4N3)c2)cc1. The van der Waals surface area contributed by atoms with Crippen molar-refractivity contribution in [3.8, 4) is 5.75 Å². The van der Waals surface area contributed by atoms with Gasteiger partial charge in [0, 0.05) is 16.9 Å². The highest BCUT2D eigenvalue weighted by Crippen LogP contribution is 2.27. The summed E-state index contributed by atoms with van der Waals surface area (Å²) >= 11 is 0. The van der Waals surface area contributed by atoms with E-state index in [4.69, 9.17) is 4.74 Å². The molecular formula is C22H19N3O3. The number of hydrogen-bond donors (Lipinski definition) is 3. The van der Waals surface area contributed by atoms with E-state index in [9.17, 15) is 9.59 Å². The van der Waals surface area contributed by atoms with Gasteiger partial charge in [0.25, 0.3) is 11.8 Å². The Kier molecular flexibility index (Phi) is 4.68. The van der Waals surface area contributed by atoms with Gasteiger partial charge < -0.3 is 20.7 Å². The quantitative estimate of drug-likeness (QED) is 0.650. The van der Waals surface area contributed by atoms with Crippen molar-refractivity contribution >= 4 is 23.2 Å². The van der Waals surface area contributed by atoms with Gasteiger partial charge in [0.1, 0.15) is 11.9 Å². The molecule has 6 nitrogen and oxygen atoms in total. The van der Waals surface area contributed by atoms with Crippen LogP contribution >= 0.6 is 0 Å². The topological polar surface area (TPSA) is 79.5 Å². The first kappa shape index (κ1) is 17.6. The third-order valence-electron chi connectivity index (χ3n) is 4.58. The van der Waals surface area contributed by atoms with Crippen LogP contribution in [-0.4, -0.2) is 18.9 Å². The molecule has 6 heteroatoms. The number of fused-ring (bicyclic) bond motifs is 1. The van der Waals surface area contributed by atoms with Crippen LogP contribution in [0.25, 0.3) is 0 Å². The van der Waals surface area contributed by atoms with Gasteiger partial charge >= 0.3 is 0 Å². The van der Waals surface area contributed by atoms with Gasteiger partial charge in [-0.3, -0.25) is 9.59 Å². The highest BCUT2D eigenvalue weighted by Gasteiger charge is 2.24. The molecule has 1 unspecified atom stereocenters. The van der Waals surface area contributed by atoms with Crippen molar-refractivity contribution in [1.82, 2.24) is 5.32 Å². The highest BCUT2D eigenvalue weighted by molar-refractivity contribution is 6.04. The number of benzene rings is 3. The molecule has 0 aromatic heterocycles. The molecule has 1 atom stereocenters. The Hall–Kier alpha value is -3.80. The van der Waals surface area contributed by atoms with Crippen molar-refractivity contribution in [2.45, 2.75) is 6.17 Å². The molecule has 1 aliphatic heterocycles. The number of hydrogen-bond acceptors (Lipinski definition) is 4. The van der Waals surface area contributed by atoms with Crippen molar-refractivity contribution < 1.29 is 14.3 Å². The maximum absolute atomic E-state index is 12.5. The van der Waals surface area contributed by atoms with Gasteiger partial charge in [-0.05, 0) is 54.1 Å². The number of carbonyl (C=O) groups excluding carboxylic acids is 2. The molecule has 3 N–H and O–H groups in total. The Bertz CT molecular complexity index is 1030. The summed E-state index contributed by atoms with van der Waals surface area (Å²) in [5.41, 5.74) is 3.42. The van der Waals surface area contributed by atoms with Crippen LogP contribution in [0, 0.1) is 0 Å². The zero-order valence-corrected chi connectivity index (χ0v) is 15.2. The number of para-hydroxylation sites is 1. The first-order valence-electron chi connectivity index (χ1n) is 8.86. The van der Waals surface area contributed by atoms with Crippen LogP contribution < -0.4 is 20.7 Å². The number of rotatable bonds is 4. The molecule has 0 fully saturated rings. The van der Waals surface area contributed by atoms with E-state index in [1.807, 2.05) is 42.5 Å². The Labute approximate surface area is 162 Å². The van der Waals surface area contributed by atoms with Gasteiger partial charge in [0.05, 0.1) is 12.7 Å². The standard InChI is InChI=1S/C22H19N3O3/c1-28-17-11-9-14(10-12-17)21(26)23-16-6-4-5-15(13-16)20-24-19-8-3-2-7-18(19)22(27)25-20/h2-13,20,24H,1H3,(H,23,26)(H,25,27). The lowest BCUT2D eigenvalue weighted by atomic mass is 10.1. The average Bonchev–Trinajstić information content (AvgIpc) is 2.74. The largest absolute Gasteiger partial charge is 0.497 e. The van der Waals surface area contributed by atoms with Crippen LogP contribution in [0.15, 0.2) is 72.8 Å². The monoisotopic (exact) mass is 373 g/mol. The second-order valence-corrected chi connectivity index (χ2v) is 6.40. The number of amides is 2. The van der Waals surface area contributed by atoms with E-state index >= 15 is 0 Å². The molecule has 1 aliphatic rings. The molecule has 2 amide bonds. The molecule has 28 heavy (non-hydrogen) atoms. The lowest BCUT2D eigenvalue weighted by molar-refractivity contribution is 0.0934. The van der Waals surface area contributed by atoms with Gasteiger partial charge in [0.2, 0.25) is 0 Å². The van der Waals surface area contributed by atoms with E-state index in [1.54, 1.807) is 37.4 Å². The van der Waals surface area contributed by atoms with Crippen molar-refractivity contribution in [1.29, 1.82) is 0 Å². The first-order chi connectivity index (χ1) is 13.6.